The summed E-state index contributed by atoms with van der Waals surface area (Å²) in [4.78, 5) is 8.20. The van der Waals surface area contributed by atoms with Crippen LogP contribution in [0.5, 0.6) is 11.6 Å². The Morgan fingerprint density at radius 3 is 2.75 bits per heavy atom. The monoisotopic (exact) mass is 288 g/mol. The van der Waals surface area contributed by atoms with E-state index in [0.717, 1.165) is 24.2 Å². The summed E-state index contributed by atoms with van der Waals surface area (Å²) in [6, 6.07) is 6.31. The van der Waals surface area contributed by atoms with Gasteiger partial charge in [0.05, 0.1) is 5.56 Å². The summed E-state index contributed by atoms with van der Waals surface area (Å²) in [5.41, 5.74) is 3.69. The van der Waals surface area contributed by atoms with Gasteiger partial charge in [0.15, 0.2) is 0 Å². The number of aryl methyl sites for hydroxylation is 2. The van der Waals surface area contributed by atoms with Crippen LogP contribution < -0.4 is 4.74 Å². The predicted octanol–water partition coefficient (Wildman–Crippen LogP) is 4.36. The molecule has 0 fully saturated rings. The Bertz CT molecular complexity index is 628. The molecule has 0 N–H and O–H groups in total. The fourth-order valence-electron chi connectivity index (χ4n) is 2.65. The number of hydrogen-bond donors (Lipinski definition) is 0. The summed E-state index contributed by atoms with van der Waals surface area (Å²) in [5.74, 6) is 1.39. The molecule has 1 aliphatic rings. The second-order valence-electron chi connectivity index (χ2n) is 5.04. The molecule has 3 rings (SSSR count). The molecule has 0 unspecified atom stereocenters. The number of ether oxygens (including phenoxy) is 1. The summed E-state index contributed by atoms with van der Waals surface area (Å²) in [7, 11) is 0. The van der Waals surface area contributed by atoms with Crippen molar-refractivity contribution in [2.75, 3.05) is 0 Å². The molecule has 0 radical (unpaired) electrons. The third kappa shape index (κ3) is 2.63. The number of halogens is 1. The van der Waals surface area contributed by atoms with Gasteiger partial charge < -0.3 is 4.74 Å². The molecule has 0 atom stereocenters. The van der Waals surface area contributed by atoms with Gasteiger partial charge in [0.2, 0.25) is 5.88 Å². The third-order valence-electron chi connectivity index (χ3n) is 3.74. The van der Waals surface area contributed by atoms with E-state index in [2.05, 4.69) is 22.1 Å². The minimum Gasteiger partial charge on any atom is -0.439 e. The molecule has 1 aromatic carbocycles. The first-order chi connectivity index (χ1) is 9.78. The Labute approximate surface area is 124 Å². The van der Waals surface area contributed by atoms with Crippen LogP contribution in [0, 0.1) is 0 Å². The van der Waals surface area contributed by atoms with Crippen LogP contribution in [0.2, 0.25) is 5.15 Å². The second kappa shape index (κ2) is 5.80. The van der Waals surface area contributed by atoms with Gasteiger partial charge in [0, 0.05) is 0 Å². The number of benzene rings is 1. The molecule has 0 saturated heterocycles. The highest BCUT2D eigenvalue weighted by atomic mass is 35.5. The van der Waals surface area contributed by atoms with Gasteiger partial charge in [-0.15, -0.1) is 0 Å². The highest BCUT2D eigenvalue weighted by Gasteiger charge is 2.13. The van der Waals surface area contributed by atoms with Crippen molar-refractivity contribution in [3.8, 4) is 11.6 Å². The van der Waals surface area contributed by atoms with Crippen LogP contribution in [0.25, 0.3) is 0 Å². The Morgan fingerprint density at radius 1 is 1.15 bits per heavy atom. The summed E-state index contributed by atoms with van der Waals surface area (Å²) < 4.78 is 5.91. The zero-order valence-corrected chi connectivity index (χ0v) is 12.3. The molecule has 0 amide bonds. The summed E-state index contributed by atoms with van der Waals surface area (Å²) in [5, 5.41) is 0.468. The van der Waals surface area contributed by atoms with Gasteiger partial charge >= 0.3 is 0 Å². The van der Waals surface area contributed by atoms with E-state index in [1.165, 1.54) is 36.7 Å². The van der Waals surface area contributed by atoms with Crippen LogP contribution in [0.4, 0.5) is 0 Å². The SMILES string of the molecule is CCc1c(Cl)ncnc1Oc1ccc2c(c1)CCCC2. The molecule has 1 aliphatic carbocycles. The van der Waals surface area contributed by atoms with Gasteiger partial charge in [-0.3, -0.25) is 0 Å². The van der Waals surface area contributed by atoms with E-state index in [1.54, 1.807) is 0 Å². The number of hydrogen-bond acceptors (Lipinski definition) is 3. The van der Waals surface area contributed by atoms with Crippen LogP contribution in [0.1, 0.15) is 36.5 Å². The largest absolute Gasteiger partial charge is 0.439 e. The van der Waals surface area contributed by atoms with E-state index in [9.17, 15) is 0 Å². The molecule has 1 heterocycles. The van der Waals surface area contributed by atoms with Crippen molar-refractivity contribution in [1.82, 2.24) is 9.97 Å². The minimum atomic E-state index is 0.468. The highest BCUT2D eigenvalue weighted by molar-refractivity contribution is 6.30. The van der Waals surface area contributed by atoms with Gasteiger partial charge in [-0.1, -0.05) is 24.6 Å². The van der Waals surface area contributed by atoms with Gasteiger partial charge in [0.1, 0.15) is 17.2 Å². The van der Waals surface area contributed by atoms with Crippen molar-refractivity contribution in [1.29, 1.82) is 0 Å². The van der Waals surface area contributed by atoms with Crippen LogP contribution in [-0.4, -0.2) is 9.97 Å². The van der Waals surface area contributed by atoms with E-state index in [1.807, 2.05) is 13.0 Å². The number of aromatic nitrogens is 2. The Hall–Kier alpha value is -1.61. The van der Waals surface area contributed by atoms with Crippen LogP contribution in [0.15, 0.2) is 24.5 Å². The lowest BCUT2D eigenvalue weighted by Gasteiger charge is -2.17. The van der Waals surface area contributed by atoms with Crippen molar-refractivity contribution in [3.05, 3.63) is 46.4 Å². The van der Waals surface area contributed by atoms with E-state index in [0.29, 0.717) is 11.0 Å². The molecule has 0 bridgehead atoms. The van der Waals surface area contributed by atoms with Crippen LogP contribution in [-0.2, 0) is 19.3 Å². The fraction of sp³-hybridized carbons (Fsp3) is 0.375. The molecule has 0 saturated carbocycles. The smallest absolute Gasteiger partial charge is 0.226 e. The van der Waals surface area contributed by atoms with E-state index in [-0.39, 0.29) is 0 Å². The molecule has 0 aliphatic heterocycles. The zero-order valence-electron chi connectivity index (χ0n) is 11.5. The first-order valence-electron chi connectivity index (χ1n) is 7.07. The predicted molar refractivity (Wildman–Crippen MR) is 79.6 cm³/mol. The van der Waals surface area contributed by atoms with Gasteiger partial charge in [-0.25, -0.2) is 9.97 Å². The van der Waals surface area contributed by atoms with Crippen LogP contribution in [0.3, 0.4) is 0 Å². The summed E-state index contributed by atoms with van der Waals surface area (Å²) >= 11 is 6.08. The molecule has 20 heavy (non-hydrogen) atoms. The Balaban J connectivity index is 1.90. The van der Waals surface area contributed by atoms with Gasteiger partial charge in [-0.2, -0.15) is 0 Å². The van der Waals surface area contributed by atoms with E-state index >= 15 is 0 Å². The molecule has 1 aromatic heterocycles. The lowest BCUT2D eigenvalue weighted by Crippen LogP contribution is -2.03. The van der Waals surface area contributed by atoms with Gasteiger partial charge in [-0.05, 0) is 55.4 Å². The standard InChI is InChI=1S/C16H17ClN2O/c1-2-14-15(17)18-10-19-16(14)20-13-8-7-11-5-3-4-6-12(11)9-13/h7-10H,2-6H2,1H3. The highest BCUT2D eigenvalue weighted by Crippen LogP contribution is 2.30. The van der Waals surface area contributed by atoms with Crippen LogP contribution >= 0.6 is 11.6 Å². The molecule has 2 aromatic rings. The van der Waals surface area contributed by atoms with E-state index in [4.69, 9.17) is 16.3 Å². The summed E-state index contributed by atoms with van der Waals surface area (Å²) in [6.45, 7) is 2.02. The lowest BCUT2D eigenvalue weighted by atomic mass is 9.92. The molecular weight excluding hydrogens is 272 g/mol. The molecular formula is C16H17ClN2O. The second-order valence-corrected chi connectivity index (χ2v) is 5.40. The Kier molecular flexibility index (Phi) is 3.88. The molecule has 3 nitrogen and oxygen atoms in total. The normalized spacial score (nSPS) is 13.9. The fourth-order valence-corrected chi connectivity index (χ4v) is 2.90. The Morgan fingerprint density at radius 2 is 1.95 bits per heavy atom. The van der Waals surface area contributed by atoms with Crippen molar-refractivity contribution < 1.29 is 4.74 Å². The number of rotatable bonds is 3. The zero-order chi connectivity index (χ0) is 13.9. The maximum Gasteiger partial charge on any atom is 0.226 e. The van der Waals surface area contributed by atoms with Crippen molar-refractivity contribution in [2.45, 2.75) is 39.0 Å². The molecule has 4 heteroatoms. The maximum absolute atomic E-state index is 6.08. The van der Waals surface area contributed by atoms with E-state index < -0.39 is 0 Å². The molecule has 104 valence electrons. The minimum absolute atomic E-state index is 0.468. The van der Waals surface area contributed by atoms with Crippen molar-refractivity contribution >= 4 is 11.6 Å². The first kappa shape index (κ1) is 13.4. The first-order valence-corrected chi connectivity index (χ1v) is 7.44. The average Bonchev–Trinajstić information content (AvgIpc) is 2.47. The average molecular weight is 289 g/mol. The third-order valence-corrected chi connectivity index (χ3v) is 4.07. The van der Waals surface area contributed by atoms with Crippen molar-refractivity contribution in [3.63, 3.8) is 0 Å². The van der Waals surface area contributed by atoms with Crippen molar-refractivity contribution in [2.24, 2.45) is 0 Å². The summed E-state index contributed by atoms with van der Waals surface area (Å²) in [6.07, 6.45) is 7.05. The molecule has 0 spiro atoms. The van der Waals surface area contributed by atoms with Gasteiger partial charge in [0.25, 0.3) is 0 Å². The topological polar surface area (TPSA) is 35.0 Å². The maximum atomic E-state index is 6.08. The number of nitrogens with zero attached hydrogens (tertiary/aromatic N) is 2. The quantitative estimate of drug-likeness (QED) is 0.787. The lowest BCUT2D eigenvalue weighted by molar-refractivity contribution is 0.453. The number of fused-ring (bicyclic) bond motifs is 1.